The third-order valence-corrected chi connectivity index (χ3v) is 6.94. The Morgan fingerprint density at radius 1 is 0.659 bits per heavy atom. The highest BCUT2D eigenvalue weighted by molar-refractivity contribution is 6.32. The monoisotopic (exact) mass is 594 g/mol. The van der Waals surface area contributed by atoms with Gasteiger partial charge in [0.1, 0.15) is 22.6 Å². The van der Waals surface area contributed by atoms with Crippen LogP contribution in [-0.2, 0) is 5.41 Å². The summed E-state index contributed by atoms with van der Waals surface area (Å²) in [4.78, 5) is 46.4. The van der Waals surface area contributed by atoms with Crippen molar-refractivity contribution in [3.63, 3.8) is 0 Å². The highest BCUT2D eigenvalue weighted by Crippen LogP contribution is 2.39. The number of esters is 2. The number of ether oxygens (including phenoxy) is 2. The van der Waals surface area contributed by atoms with Crippen molar-refractivity contribution in [3.8, 4) is 11.5 Å². The lowest BCUT2D eigenvalue weighted by atomic mass is 9.78. The van der Waals surface area contributed by atoms with Crippen molar-refractivity contribution < 1.29 is 28.9 Å². The van der Waals surface area contributed by atoms with Crippen molar-refractivity contribution in [3.05, 3.63) is 137 Å². The summed E-state index contributed by atoms with van der Waals surface area (Å²) in [5, 5.41) is 22.7. The van der Waals surface area contributed by atoms with Crippen LogP contribution in [0, 0.1) is 20.2 Å². The lowest BCUT2D eigenvalue weighted by Crippen LogP contribution is -2.19. The summed E-state index contributed by atoms with van der Waals surface area (Å²) >= 11 is 12.8. The van der Waals surface area contributed by atoms with Crippen molar-refractivity contribution >= 4 is 46.5 Å². The molecule has 4 aromatic rings. The molecule has 12 heteroatoms. The van der Waals surface area contributed by atoms with Gasteiger partial charge in [-0.15, -0.1) is 0 Å². The van der Waals surface area contributed by atoms with Crippen LogP contribution in [0.3, 0.4) is 0 Å². The first kappa shape index (κ1) is 29.2. The van der Waals surface area contributed by atoms with Crippen molar-refractivity contribution in [1.82, 2.24) is 0 Å². The van der Waals surface area contributed by atoms with Gasteiger partial charge in [0, 0.05) is 17.5 Å². The Balaban J connectivity index is 1.54. The smallest absolute Gasteiger partial charge is 0.350 e. The van der Waals surface area contributed by atoms with Gasteiger partial charge in [-0.2, -0.15) is 0 Å². The maximum absolute atomic E-state index is 12.6. The zero-order chi connectivity index (χ0) is 29.9. The van der Waals surface area contributed by atoms with Gasteiger partial charge in [-0.3, -0.25) is 20.2 Å². The van der Waals surface area contributed by atoms with Gasteiger partial charge in [-0.1, -0.05) is 73.4 Å². The Hall–Kier alpha value is -4.80. The molecule has 0 aliphatic carbocycles. The first-order valence-corrected chi connectivity index (χ1v) is 12.7. The molecular formula is C29H20Cl2N2O8. The van der Waals surface area contributed by atoms with E-state index in [1.54, 1.807) is 24.3 Å². The molecule has 4 rings (SSSR count). The number of nitrogens with zero attached hydrogens (tertiary/aromatic N) is 2. The molecule has 0 amide bonds. The molecule has 0 saturated heterocycles. The number of nitro benzene ring substituents is 2. The first-order valence-electron chi connectivity index (χ1n) is 11.9. The molecule has 0 saturated carbocycles. The SMILES string of the molecule is CC(C)(c1ccc(OC(=O)c2ccccc2[N+](=O)[O-])c(Cl)c1)c1ccc(OC(=O)c2ccccc2[N+](=O)[O-])c(Cl)c1. The third kappa shape index (κ3) is 6.19. The van der Waals surface area contributed by atoms with Gasteiger partial charge in [-0.05, 0) is 47.5 Å². The second-order valence-electron chi connectivity index (χ2n) is 9.24. The highest BCUT2D eigenvalue weighted by Gasteiger charge is 2.28. The lowest BCUT2D eigenvalue weighted by molar-refractivity contribution is -0.385. The summed E-state index contributed by atoms with van der Waals surface area (Å²) in [6.07, 6.45) is 0. The fourth-order valence-corrected chi connectivity index (χ4v) is 4.47. The van der Waals surface area contributed by atoms with Crippen LogP contribution in [0.5, 0.6) is 11.5 Å². The highest BCUT2D eigenvalue weighted by atomic mass is 35.5. The Bertz CT molecular complexity index is 1580. The number of benzene rings is 4. The van der Waals surface area contributed by atoms with Gasteiger partial charge in [0.2, 0.25) is 0 Å². The van der Waals surface area contributed by atoms with E-state index in [1.807, 2.05) is 13.8 Å². The van der Waals surface area contributed by atoms with E-state index in [1.165, 1.54) is 60.7 Å². The van der Waals surface area contributed by atoms with E-state index in [9.17, 15) is 29.8 Å². The minimum absolute atomic E-state index is 0.0182. The number of halogens is 2. The molecule has 0 aromatic heterocycles. The normalized spacial score (nSPS) is 11.0. The van der Waals surface area contributed by atoms with E-state index in [2.05, 4.69) is 0 Å². The average Bonchev–Trinajstić information content (AvgIpc) is 2.94. The van der Waals surface area contributed by atoms with Crippen LogP contribution in [0.15, 0.2) is 84.9 Å². The number of carbonyl (C=O) groups is 2. The molecular weight excluding hydrogens is 575 g/mol. The van der Waals surface area contributed by atoms with E-state index in [4.69, 9.17) is 32.7 Å². The van der Waals surface area contributed by atoms with Crippen LogP contribution in [0.4, 0.5) is 11.4 Å². The van der Waals surface area contributed by atoms with E-state index < -0.39 is 27.2 Å². The van der Waals surface area contributed by atoms with Crippen molar-refractivity contribution in [2.24, 2.45) is 0 Å². The molecule has 0 unspecified atom stereocenters. The van der Waals surface area contributed by atoms with Gasteiger partial charge in [0.25, 0.3) is 11.4 Å². The van der Waals surface area contributed by atoms with Crippen LogP contribution < -0.4 is 9.47 Å². The summed E-state index contributed by atoms with van der Waals surface area (Å²) in [6.45, 7) is 3.78. The van der Waals surface area contributed by atoms with Crippen molar-refractivity contribution in [1.29, 1.82) is 0 Å². The molecule has 0 heterocycles. The molecule has 0 fully saturated rings. The molecule has 0 bridgehead atoms. The Morgan fingerprint density at radius 2 is 1.02 bits per heavy atom. The number of hydrogen-bond acceptors (Lipinski definition) is 8. The van der Waals surface area contributed by atoms with Crippen LogP contribution in [0.1, 0.15) is 45.7 Å². The zero-order valence-electron chi connectivity index (χ0n) is 21.5. The van der Waals surface area contributed by atoms with Gasteiger partial charge >= 0.3 is 11.9 Å². The van der Waals surface area contributed by atoms with Crippen LogP contribution in [-0.4, -0.2) is 21.8 Å². The summed E-state index contributed by atoms with van der Waals surface area (Å²) in [5.41, 5.74) is -0.457. The summed E-state index contributed by atoms with van der Waals surface area (Å²) in [5.74, 6) is -1.82. The quantitative estimate of drug-likeness (QED) is 0.0880. The minimum atomic E-state index is -0.927. The maximum Gasteiger partial charge on any atom is 0.350 e. The maximum atomic E-state index is 12.6. The Morgan fingerprint density at radius 3 is 1.37 bits per heavy atom. The predicted octanol–water partition coefficient (Wildman–Crippen LogP) is 7.57. The molecule has 0 radical (unpaired) electrons. The number of hydrogen-bond donors (Lipinski definition) is 0. The van der Waals surface area contributed by atoms with Gasteiger partial charge in [-0.25, -0.2) is 9.59 Å². The molecule has 0 atom stereocenters. The zero-order valence-corrected chi connectivity index (χ0v) is 23.0. The standard InChI is InChI=1S/C29H20Cl2N2O8/c1-29(2,17-11-13-25(21(30)15-17)40-27(34)19-7-3-5-9-23(19)32(36)37)18-12-14-26(22(31)16-18)41-28(35)20-8-4-6-10-24(20)33(38)39/h3-16H,1-2H3. The number of carbonyl (C=O) groups excluding carboxylic acids is 2. The molecule has 4 aromatic carbocycles. The average molecular weight is 595 g/mol. The van der Waals surface area contributed by atoms with Crippen LogP contribution in [0.25, 0.3) is 0 Å². The second kappa shape index (κ2) is 11.7. The van der Waals surface area contributed by atoms with Gasteiger partial charge in [0.15, 0.2) is 0 Å². The minimum Gasteiger partial charge on any atom is -0.421 e. The molecule has 208 valence electrons. The largest absolute Gasteiger partial charge is 0.421 e. The van der Waals surface area contributed by atoms with Crippen LogP contribution in [0.2, 0.25) is 10.0 Å². The molecule has 0 aliphatic heterocycles. The van der Waals surface area contributed by atoms with Crippen molar-refractivity contribution in [2.45, 2.75) is 19.3 Å². The van der Waals surface area contributed by atoms with Crippen molar-refractivity contribution in [2.75, 3.05) is 0 Å². The Kier molecular flexibility index (Phi) is 8.36. The molecule has 0 aliphatic rings. The molecule has 10 nitrogen and oxygen atoms in total. The first-order chi connectivity index (χ1) is 19.4. The van der Waals surface area contributed by atoms with Crippen LogP contribution >= 0.6 is 23.2 Å². The third-order valence-electron chi connectivity index (χ3n) is 6.35. The van der Waals surface area contributed by atoms with E-state index in [0.29, 0.717) is 11.1 Å². The van der Waals surface area contributed by atoms with E-state index >= 15 is 0 Å². The topological polar surface area (TPSA) is 139 Å². The molecule has 41 heavy (non-hydrogen) atoms. The Labute approximate surface area is 243 Å². The van der Waals surface area contributed by atoms with Gasteiger partial charge in [0.05, 0.1) is 19.9 Å². The summed E-state index contributed by atoms with van der Waals surface area (Å²) < 4.78 is 10.7. The lowest BCUT2D eigenvalue weighted by Gasteiger charge is -2.27. The number of para-hydroxylation sites is 2. The van der Waals surface area contributed by atoms with E-state index in [-0.39, 0.29) is 44.0 Å². The predicted molar refractivity (Wildman–Crippen MR) is 151 cm³/mol. The fourth-order valence-electron chi connectivity index (χ4n) is 4.03. The molecule has 0 N–H and O–H groups in total. The number of rotatable bonds is 8. The summed E-state index contributed by atoms with van der Waals surface area (Å²) in [7, 11) is 0. The van der Waals surface area contributed by atoms with E-state index in [0.717, 1.165) is 0 Å². The molecule has 0 spiro atoms. The van der Waals surface area contributed by atoms with Gasteiger partial charge < -0.3 is 9.47 Å². The number of nitro groups is 2. The second-order valence-corrected chi connectivity index (χ2v) is 10.1. The summed E-state index contributed by atoms with van der Waals surface area (Å²) in [6, 6.07) is 20.4. The fraction of sp³-hybridized carbons (Fsp3) is 0.103.